The van der Waals surface area contributed by atoms with Crippen molar-refractivity contribution >= 4 is 27.5 Å². The topological polar surface area (TPSA) is 95.6 Å². The molecule has 2 aromatic rings. The molecule has 1 aliphatic rings. The quantitative estimate of drug-likeness (QED) is 0.684. The summed E-state index contributed by atoms with van der Waals surface area (Å²) in [5, 5.41) is 5.49. The smallest absolute Gasteiger partial charge is 0.255 e. The Hall–Kier alpha value is -2.71. The number of anilines is 1. The first kappa shape index (κ1) is 23.0. The molecule has 2 N–H and O–H groups in total. The third-order valence-corrected chi connectivity index (χ3v) is 7.56. The van der Waals surface area contributed by atoms with Crippen LogP contribution in [-0.4, -0.2) is 37.6 Å². The van der Waals surface area contributed by atoms with Crippen LogP contribution in [0, 0.1) is 0 Å². The largest absolute Gasteiger partial charge is 0.352 e. The molecule has 8 heteroatoms. The van der Waals surface area contributed by atoms with Crippen LogP contribution in [0.3, 0.4) is 0 Å². The average Bonchev–Trinajstić information content (AvgIpc) is 2.78. The van der Waals surface area contributed by atoms with E-state index in [4.69, 9.17) is 0 Å². The summed E-state index contributed by atoms with van der Waals surface area (Å²) in [6, 6.07) is 13.2. The Labute approximate surface area is 183 Å². The lowest BCUT2D eigenvalue weighted by Crippen LogP contribution is -2.38. The predicted molar refractivity (Wildman–Crippen MR) is 120 cm³/mol. The second kappa shape index (κ2) is 10.1. The van der Waals surface area contributed by atoms with Crippen molar-refractivity contribution in [1.29, 1.82) is 0 Å². The number of carbonyl (C=O) groups is 2. The molecule has 166 valence electrons. The zero-order chi connectivity index (χ0) is 22.4. The summed E-state index contributed by atoms with van der Waals surface area (Å²) in [6.07, 6.45) is 5.07. The van der Waals surface area contributed by atoms with E-state index >= 15 is 0 Å². The first-order valence-electron chi connectivity index (χ1n) is 10.5. The maximum absolute atomic E-state index is 12.9. The van der Waals surface area contributed by atoms with E-state index < -0.39 is 10.0 Å². The Morgan fingerprint density at radius 1 is 0.968 bits per heavy atom. The van der Waals surface area contributed by atoms with E-state index in [9.17, 15) is 18.0 Å². The Kier molecular flexibility index (Phi) is 7.46. The Bertz CT molecular complexity index is 1010. The summed E-state index contributed by atoms with van der Waals surface area (Å²) in [7, 11) is -1.91. The van der Waals surface area contributed by atoms with Crippen molar-refractivity contribution in [1.82, 2.24) is 9.62 Å². The molecule has 1 saturated carbocycles. The van der Waals surface area contributed by atoms with Crippen molar-refractivity contribution < 1.29 is 18.0 Å². The molecule has 0 aromatic heterocycles. The van der Waals surface area contributed by atoms with Gasteiger partial charge < -0.3 is 10.6 Å². The molecule has 0 bridgehead atoms. The van der Waals surface area contributed by atoms with Crippen LogP contribution in [0.15, 0.2) is 53.4 Å². The van der Waals surface area contributed by atoms with Crippen LogP contribution in [0.1, 0.15) is 54.9 Å². The van der Waals surface area contributed by atoms with Crippen LogP contribution in [0.2, 0.25) is 0 Å². The highest BCUT2D eigenvalue weighted by atomic mass is 32.2. The first-order valence-corrected chi connectivity index (χ1v) is 11.9. The Morgan fingerprint density at radius 3 is 2.16 bits per heavy atom. The van der Waals surface area contributed by atoms with E-state index in [2.05, 4.69) is 10.6 Å². The molecule has 0 heterocycles. The van der Waals surface area contributed by atoms with Gasteiger partial charge in [0.25, 0.3) is 5.91 Å². The second-order valence-electron chi connectivity index (χ2n) is 7.90. The molecule has 7 nitrogen and oxygen atoms in total. The number of hydrogen-bond donors (Lipinski definition) is 2. The predicted octanol–water partition coefficient (Wildman–Crippen LogP) is 3.53. The van der Waals surface area contributed by atoms with Gasteiger partial charge in [-0.05, 0) is 54.8 Å². The van der Waals surface area contributed by atoms with Crippen molar-refractivity contribution in [3.8, 4) is 0 Å². The summed E-state index contributed by atoms with van der Waals surface area (Å²) in [4.78, 5) is 23.7. The lowest BCUT2D eigenvalue weighted by Gasteiger charge is -2.30. The van der Waals surface area contributed by atoms with E-state index in [-0.39, 0.29) is 22.8 Å². The van der Waals surface area contributed by atoms with Crippen LogP contribution < -0.4 is 10.6 Å². The molecule has 0 atom stereocenters. The number of rotatable bonds is 7. The van der Waals surface area contributed by atoms with Gasteiger partial charge in [-0.1, -0.05) is 31.4 Å². The zero-order valence-corrected chi connectivity index (χ0v) is 18.7. The van der Waals surface area contributed by atoms with Gasteiger partial charge in [-0.25, -0.2) is 8.42 Å². The van der Waals surface area contributed by atoms with Gasteiger partial charge >= 0.3 is 0 Å². The van der Waals surface area contributed by atoms with Gasteiger partial charge in [-0.15, -0.1) is 0 Å². The number of amides is 2. The molecule has 2 amide bonds. The van der Waals surface area contributed by atoms with Crippen molar-refractivity contribution in [2.24, 2.45) is 0 Å². The van der Waals surface area contributed by atoms with Crippen LogP contribution in [0.4, 0.5) is 5.69 Å². The van der Waals surface area contributed by atoms with Crippen molar-refractivity contribution in [2.45, 2.75) is 56.5 Å². The maximum Gasteiger partial charge on any atom is 0.255 e. The fraction of sp³-hybridized carbons (Fsp3) is 0.391. The van der Waals surface area contributed by atoms with Crippen molar-refractivity contribution in [3.63, 3.8) is 0 Å². The fourth-order valence-electron chi connectivity index (χ4n) is 3.72. The van der Waals surface area contributed by atoms with E-state index in [0.29, 0.717) is 17.8 Å². The van der Waals surface area contributed by atoms with Crippen LogP contribution in [-0.2, 0) is 21.4 Å². The number of nitrogens with one attached hydrogen (secondary N) is 2. The van der Waals surface area contributed by atoms with Crippen LogP contribution >= 0.6 is 0 Å². The molecular formula is C23H29N3O4S. The van der Waals surface area contributed by atoms with E-state index in [1.807, 2.05) is 0 Å². The van der Waals surface area contributed by atoms with Crippen molar-refractivity contribution in [2.75, 3.05) is 12.4 Å². The molecule has 0 aliphatic heterocycles. The summed E-state index contributed by atoms with van der Waals surface area (Å²) < 4.78 is 27.3. The van der Waals surface area contributed by atoms with E-state index in [1.165, 1.54) is 23.4 Å². The van der Waals surface area contributed by atoms with Gasteiger partial charge in [-0.2, -0.15) is 4.31 Å². The lowest BCUT2D eigenvalue weighted by molar-refractivity contribution is -0.119. The number of sulfonamides is 1. The van der Waals surface area contributed by atoms with Crippen molar-refractivity contribution in [3.05, 3.63) is 59.7 Å². The standard InChI is InChI=1S/C23H29N3O4S/c1-17(27)24-16-18-8-10-19(11-9-18)23(28)25-20-12-14-22(15-13-20)31(29,30)26(2)21-6-4-3-5-7-21/h8-15,21H,3-7,16H2,1-2H3,(H,24,27)(H,25,28). The number of benzene rings is 2. The maximum atomic E-state index is 12.9. The van der Waals surface area contributed by atoms with Crippen LogP contribution in [0.25, 0.3) is 0 Å². The van der Waals surface area contributed by atoms with Gasteiger partial charge in [0.2, 0.25) is 15.9 Å². The molecule has 2 aromatic carbocycles. The van der Waals surface area contributed by atoms with E-state index in [0.717, 1.165) is 37.7 Å². The molecular weight excluding hydrogens is 414 g/mol. The second-order valence-corrected chi connectivity index (χ2v) is 9.90. The van der Waals surface area contributed by atoms with Gasteiger partial charge in [0.1, 0.15) is 0 Å². The fourth-order valence-corrected chi connectivity index (χ4v) is 5.14. The molecule has 0 spiro atoms. The highest BCUT2D eigenvalue weighted by molar-refractivity contribution is 7.89. The van der Waals surface area contributed by atoms with E-state index in [1.54, 1.807) is 43.4 Å². The molecule has 0 saturated heterocycles. The lowest BCUT2D eigenvalue weighted by atomic mass is 9.96. The number of carbonyl (C=O) groups excluding carboxylic acids is 2. The van der Waals surface area contributed by atoms with Gasteiger partial charge in [-0.3, -0.25) is 9.59 Å². The minimum Gasteiger partial charge on any atom is -0.352 e. The monoisotopic (exact) mass is 443 g/mol. The SMILES string of the molecule is CC(=O)NCc1ccc(C(=O)Nc2ccc(S(=O)(=O)N(C)C3CCCCC3)cc2)cc1. The minimum absolute atomic E-state index is 0.0479. The molecule has 3 rings (SSSR count). The van der Waals surface area contributed by atoms with Gasteiger partial charge in [0.05, 0.1) is 4.90 Å². The minimum atomic E-state index is -3.56. The highest BCUT2D eigenvalue weighted by Crippen LogP contribution is 2.27. The van der Waals surface area contributed by atoms with Crippen LogP contribution in [0.5, 0.6) is 0 Å². The molecule has 0 radical (unpaired) electrons. The summed E-state index contributed by atoms with van der Waals surface area (Å²) in [5.41, 5.74) is 1.88. The number of nitrogens with zero attached hydrogens (tertiary/aromatic N) is 1. The van der Waals surface area contributed by atoms with Gasteiger partial charge in [0, 0.05) is 37.8 Å². The highest BCUT2D eigenvalue weighted by Gasteiger charge is 2.28. The summed E-state index contributed by atoms with van der Waals surface area (Å²) in [6.45, 7) is 1.86. The zero-order valence-electron chi connectivity index (χ0n) is 17.9. The third-order valence-electron chi connectivity index (χ3n) is 5.64. The Balaban J connectivity index is 1.63. The molecule has 0 unspecified atom stereocenters. The average molecular weight is 444 g/mol. The Morgan fingerprint density at radius 2 is 1.58 bits per heavy atom. The number of hydrogen-bond acceptors (Lipinski definition) is 4. The summed E-state index contributed by atoms with van der Waals surface area (Å²) >= 11 is 0. The third kappa shape index (κ3) is 5.92. The molecule has 1 aliphatic carbocycles. The first-order chi connectivity index (χ1) is 14.8. The van der Waals surface area contributed by atoms with Gasteiger partial charge in [0.15, 0.2) is 0 Å². The molecule has 1 fully saturated rings. The normalized spacial score (nSPS) is 14.9. The molecule has 31 heavy (non-hydrogen) atoms. The summed E-state index contributed by atoms with van der Waals surface area (Å²) in [5.74, 6) is -0.404.